The fourth-order valence-electron chi connectivity index (χ4n) is 3.38. The quantitative estimate of drug-likeness (QED) is 0.437. The Balaban J connectivity index is 1.78. The van der Waals surface area contributed by atoms with Crippen LogP contribution in [-0.4, -0.2) is 51.0 Å². The second-order valence-electron chi connectivity index (χ2n) is 8.60. The summed E-state index contributed by atoms with van der Waals surface area (Å²) >= 11 is 0. The fraction of sp³-hybridized carbons (Fsp3) is 0.476. The van der Waals surface area contributed by atoms with Gasteiger partial charge in [0.2, 0.25) is 16.0 Å². The van der Waals surface area contributed by atoms with Gasteiger partial charge in [-0.1, -0.05) is 6.92 Å². The maximum Gasteiger partial charge on any atom is 0.263 e. The summed E-state index contributed by atoms with van der Waals surface area (Å²) in [6, 6.07) is 6.16. The maximum atomic E-state index is 13.4. The molecule has 172 valence electrons. The van der Waals surface area contributed by atoms with E-state index < -0.39 is 21.7 Å². The molecule has 0 radical (unpaired) electrons. The highest BCUT2D eigenvalue weighted by Crippen LogP contribution is 2.36. The van der Waals surface area contributed by atoms with Crippen LogP contribution >= 0.6 is 0 Å². The molecular formula is C21H28N6O4S. The number of aromatic nitrogens is 4. The fourth-order valence-corrected chi connectivity index (χ4v) is 4.88. The van der Waals surface area contributed by atoms with Crippen molar-refractivity contribution in [3.05, 3.63) is 46.5 Å². The summed E-state index contributed by atoms with van der Waals surface area (Å²) in [6.07, 6.45) is 3.32. The molecule has 0 saturated heterocycles. The number of aliphatic hydroxyl groups is 1. The van der Waals surface area contributed by atoms with Gasteiger partial charge >= 0.3 is 0 Å². The number of aryl methyl sites for hydroxylation is 1. The molecule has 1 aromatic carbocycles. The van der Waals surface area contributed by atoms with Crippen LogP contribution in [0.3, 0.4) is 0 Å². The third-order valence-corrected chi connectivity index (χ3v) is 7.31. The van der Waals surface area contributed by atoms with E-state index >= 15 is 0 Å². The summed E-state index contributed by atoms with van der Waals surface area (Å²) in [4.78, 5) is 18.0. The van der Waals surface area contributed by atoms with Crippen LogP contribution in [0.1, 0.15) is 38.8 Å². The first-order chi connectivity index (χ1) is 15.1. The summed E-state index contributed by atoms with van der Waals surface area (Å²) in [7, 11) is -1.97. The lowest BCUT2D eigenvalue weighted by atomic mass is 10.2. The highest BCUT2D eigenvalue weighted by molar-refractivity contribution is 7.89. The monoisotopic (exact) mass is 460 g/mol. The molecule has 0 bridgehead atoms. The highest BCUT2D eigenvalue weighted by atomic mass is 32.2. The van der Waals surface area contributed by atoms with Crippen LogP contribution < -0.4 is 15.6 Å². The van der Waals surface area contributed by atoms with Gasteiger partial charge in [-0.05, 0) is 50.5 Å². The minimum absolute atomic E-state index is 0.0310. The molecule has 2 aromatic heterocycles. The van der Waals surface area contributed by atoms with Crippen molar-refractivity contribution >= 4 is 26.9 Å². The number of sulfonamides is 1. The van der Waals surface area contributed by atoms with Gasteiger partial charge in [0.15, 0.2) is 0 Å². The molecule has 2 heterocycles. The Hall–Kier alpha value is -2.76. The Bertz CT molecular complexity index is 1310. The number of hydrogen-bond donors (Lipinski definition) is 3. The molecule has 0 amide bonds. The molecule has 0 aliphatic heterocycles. The van der Waals surface area contributed by atoms with E-state index in [-0.39, 0.29) is 28.9 Å². The van der Waals surface area contributed by atoms with E-state index in [4.69, 9.17) is 0 Å². The zero-order chi connectivity index (χ0) is 23.1. The number of rotatable bonds is 9. The molecule has 1 fully saturated rings. The summed E-state index contributed by atoms with van der Waals surface area (Å²) in [5, 5.41) is 17.5. The number of aliphatic hydroxyl groups excluding tert-OH is 1. The Morgan fingerprint density at radius 3 is 2.66 bits per heavy atom. The van der Waals surface area contributed by atoms with Crippen molar-refractivity contribution in [1.82, 2.24) is 24.1 Å². The molecule has 0 spiro atoms. The van der Waals surface area contributed by atoms with E-state index in [1.807, 2.05) is 13.8 Å². The van der Waals surface area contributed by atoms with Gasteiger partial charge in [-0.2, -0.15) is 5.10 Å². The van der Waals surface area contributed by atoms with Crippen LogP contribution in [0.15, 0.2) is 40.2 Å². The minimum atomic E-state index is -3.76. The van der Waals surface area contributed by atoms with E-state index in [0.29, 0.717) is 23.6 Å². The molecule has 4 rings (SSSR count). The average molecular weight is 461 g/mol. The van der Waals surface area contributed by atoms with Gasteiger partial charge in [0.1, 0.15) is 0 Å². The normalized spacial score (nSPS) is 16.2. The SMILES string of the molecule is CCC(O)CNc1nc2ccc(S(=O)(=O)NC3(C)CC3)cc2c(=O)n1Cc1ccn(C)n1. The van der Waals surface area contributed by atoms with E-state index in [9.17, 15) is 18.3 Å². The van der Waals surface area contributed by atoms with Gasteiger partial charge in [-0.25, -0.2) is 18.1 Å². The number of nitrogens with one attached hydrogen (secondary N) is 2. The van der Waals surface area contributed by atoms with Crippen molar-refractivity contribution in [2.75, 3.05) is 11.9 Å². The third-order valence-electron chi connectivity index (χ3n) is 5.67. The van der Waals surface area contributed by atoms with Crippen LogP contribution in [0.4, 0.5) is 5.95 Å². The predicted octanol–water partition coefficient (Wildman–Crippen LogP) is 1.19. The summed E-state index contributed by atoms with van der Waals surface area (Å²) < 4.78 is 31.4. The van der Waals surface area contributed by atoms with Gasteiger partial charge in [-0.3, -0.25) is 14.0 Å². The first-order valence-corrected chi connectivity index (χ1v) is 12.1. The maximum absolute atomic E-state index is 13.4. The van der Waals surface area contributed by atoms with Crippen molar-refractivity contribution in [2.24, 2.45) is 7.05 Å². The molecule has 1 aliphatic carbocycles. The van der Waals surface area contributed by atoms with E-state index in [2.05, 4.69) is 20.1 Å². The Kier molecular flexibility index (Phi) is 5.82. The van der Waals surface area contributed by atoms with Gasteiger partial charge in [0.25, 0.3) is 5.56 Å². The zero-order valence-corrected chi connectivity index (χ0v) is 19.2. The molecule has 32 heavy (non-hydrogen) atoms. The molecule has 3 aromatic rings. The molecule has 11 heteroatoms. The summed E-state index contributed by atoms with van der Waals surface area (Å²) in [5.41, 5.74) is 0.224. The van der Waals surface area contributed by atoms with Gasteiger partial charge in [0.05, 0.1) is 34.1 Å². The number of benzene rings is 1. The van der Waals surface area contributed by atoms with E-state index in [0.717, 1.165) is 12.8 Å². The lowest BCUT2D eigenvalue weighted by Gasteiger charge is -2.17. The van der Waals surface area contributed by atoms with E-state index in [1.165, 1.54) is 22.8 Å². The van der Waals surface area contributed by atoms with Crippen LogP contribution in [0.5, 0.6) is 0 Å². The largest absolute Gasteiger partial charge is 0.391 e. The van der Waals surface area contributed by atoms with Gasteiger partial charge in [-0.15, -0.1) is 0 Å². The number of hydrogen-bond acceptors (Lipinski definition) is 7. The van der Waals surface area contributed by atoms with Crippen molar-refractivity contribution in [1.29, 1.82) is 0 Å². The van der Waals surface area contributed by atoms with Gasteiger partial charge in [0, 0.05) is 25.3 Å². The highest BCUT2D eigenvalue weighted by Gasteiger charge is 2.41. The van der Waals surface area contributed by atoms with Crippen LogP contribution in [0.2, 0.25) is 0 Å². The Labute approximate surface area is 186 Å². The lowest BCUT2D eigenvalue weighted by Crippen LogP contribution is -2.34. The molecule has 10 nitrogen and oxygen atoms in total. The smallest absolute Gasteiger partial charge is 0.263 e. The van der Waals surface area contributed by atoms with Crippen molar-refractivity contribution in [2.45, 2.75) is 56.2 Å². The Morgan fingerprint density at radius 2 is 2.03 bits per heavy atom. The zero-order valence-electron chi connectivity index (χ0n) is 18.4. The Morgan fingerprint density at radius 1 is 1.28 bits per heavy atom. The van der Waals surface area contributed by atoms with E-state index in [1.54, 1.807) is 24.0 Å². The second-order valence-corrected chi connectivity index (χ2v) is 10.3. The predicted molar refractivity (Wildman–Crippen MR) is 121 cm³/mol. The second kappa shape index (κ2) is 8.30. The summed E-state index contributed by atoms with van der Waals surface area (Å²) in [6.45, 7) is 4.10. The third kappa shape index (κ3) is 4.69. The van der Waals surface area contributed by atoms with Crippen molar-refractivity contribution in [3.63, 3.8) is 0 Å². The van der Waals surface area contributed by atoms with Crippen molar-refractivity contribution in [3.8, 4) is 0 Å². The average Bonchev–Trinajstić information content (AvgIpc) is 3.31. The topological polar surface area (TPSA) is 131 Å². The molecule has 1 unspecified atom stereocenters. The number of fused-ring (bicyclic) bond motifs is 1. The molecular weight excluding hydrogens is 432 g/mol. The lowest BCUT2D eigenvalue weighted by molar-refractivity contribution is 0.183. The molecule has 1 atom stereocenters. The first-order valence-electron chi connectivity index (χ1n) is 10.6. The molecule has 1 saturated carbocycles. The first kappa shape index (κ1) is 22.4. The van der Waals surface area contributed by atoms with Crippen molar-refractivity contribution < 1.29 is 13.5 Å². The number of nitrogens with zero attached hydrogens (tertiary/aromatic N) is 4. The minimum Gasteiger partial charge on any atom is -0.391 e. The number of anilines is 1. The molecule has 1 aliphatic rings. The summed E-state index contributed by atoms with van der Waals surface area (Å²) in [5.74, 6) is 0.292. The van der Waals surface area contributed by atoms with Crippen LogP contribution in [0.25, 0.3) is 10.9 Å². The van der Waals surface area contributed by atoms with Gasteiger partial charge < -0.3 is 10.4 Å². The molecule has 3 N–H and O–H groups in total. The standard InChI is InChI=1S/C21H28N6O4S/c1-4-15(28)12-22-20-23-18-6-5-16(32(30,31)25-21(2)8-9-21)11-17(18)19(29)27(20)13-14-7-10-26(3)24-14/h5-7,10-11,15,25,28H,4,8-9,12-13H2,1-3H3,(H,22,23). The van der Waals surface area contributed by atoms with Crippen LogP contribution in [0, 0.1) is 0 Å². The van der Waals surface area contributed by atoms with Crippen LogP contribution in [-0.2, 0) is 23.6 Å².